The highest BCUT2D eigenvalue weighted by molar-refractivity contribution is 6.31. The zero-order valence-corrected chi connectivity index (χ0v) is 14.8. The van der Waals surface area contributed by atoms with Crippen LogP contribution in [0.15, 0.2) is 42.5 Å². The standard InChI is InChI=1S/C18H18ClNO5/c1-11(25-14-7-4-12(5-8-14)18(22)24-3)17(21)20-15-10-13(19)6-9-16(15)23-2/h4-11H,1-3H3,(H,20,21). The Labute approximate surface area is 150 Å². The number of rotatable bonds is 6. The molecule has 1 unspecified atom stereocenters. The van der Waals surface area contributed by atoms with Crippen LogP contribution in [0.5, 0.6) is 11.5 Å². The molecule has 1 N–H and O–H groups in total. The average molecular weight is 364 g/mol. The molecule has 25 heavy (non-hydrogen) atoms. The zero-order valence-electron chi connectivity index (χ0n) is 14.0. The van der Waals surface area contributed by atoms with E-state index in [1.165, 1.54) is 14.2 Å². The second-order valence-corrected chi connectivity index (χ2v) is 5.55. The maximum atomic E-state index is 12.3. The molecule has 0 radical (unpaired) electrons. The van der Waals surface area contributed by atoms with Crippen molar-refractivity contribution in [1.29, 1.82) is 0 Å². The third kappa shape index (κ3) is 4.87. The molecule has 0 heterocycles. The summed E-state index contributed by atoms with van der Waals surface area (Å²) >= 11 is 5.94. The number of hydrogen-bond donors (Lipinski definition) is 1. The second-order valence-electron chi connectivity index (χ2n) is 5.11. The minimum atomic E-state index is -0.771. The lowest BCUT2D eigenvalue weighted by Crippen LogP contribution is -2.30. The van der Waals surface area contributed by atoms with E-state index in [0.29, 0.717) is 27.8 Å². The van der Waals surface area contributed by atoms with Crippen molar-refractivity contribution in [3.63, 3.8) is 0 Å². The van der Waals surface area contributed by atoms with Crippen molar-refractivity contribution >= 4 is 29.2 Å². The molecule has 0 aliphatic heterocycles. The first kappa shape index (κ1) is 18.6. The van der Waals surface area contributed by atoms with Gasteiger partial charge in [-0.25, -0.2) is 4.79 Å². The summed E-state index contributed by atoms with van der Waals surface area (Å²) in [4.78, 5) is 23.7. The van der Waals surface area contributed by atoms with E-state index in [0.717, 1.165) is 0 Å². The molecule has 2 aromatic carbocycles. The van der Waals surface area contributed by atoms with Gasteiger partial charge in [0.05, 0.1) is 25.5 Å². The van der Waals surface area contributed by atoms with Crippen LogP contribution in [0.25, 0.3) is 0 Å². The molecule has 0 aliphatic rings. The van der Waals surface area contributed by atoms with E-state index in [4.69, 9.17) is 21.1 Å². The van der Waals surface area contributed by atoms with Crippen LogP contribution in [-0.4, -0.2) is 32.2 Å². The molecule has 1 amide bonds. The molecule has 0 saturated heterocycles. The smallest absolute Gasteiger partial charge is 0.337 e. The highest BCUT2D eigenvalue weighted by atomic mass is 35.5. The number of halogens is 1. The highest BCUT2D eigenvalue weighted by Gasteiger charge is 2.17. The van der Waals surface area contributed by atoms with Crippen molar-refractivity contribution < 1.29 is 23.8 Å². The summed E-state index contributed by atoms with van der Waals surface area (Å²) in [5.41, 5.74) is 0.854. The lowest BCUT2D eigenvalue weighted by molar-refractivity contribution is -0.122. The normalized spacial score (nSPS) is 11.4. The molecule has 0 aliphatic carbocycles. The number of carbonyl (C=O) groups is 2. The predicted molar refractivity (Wildman–Crippen MR) is 94.5 cm³/mol. The van der Waals surface area contributed by atoms with Gasteiger partial charge in [0.1, 0.15) is 11.5 Å². The zero-order chi connectivity index (χ0) is 18.4. The molecule has 2 aromatic rings. The molecule has 0 fully saturated rings. The van der Waals surface area contributed by atoms with Gasteiger partial charge in [-0.1, -0.05) is 11.6 Å². The van der Waals surface area contributed by atoms with Crippen molar-refractivity contribution in [2.24, 2.45) is 0 Å². The van der Waals surface area contributed by atoms with E-state index < -0.39 is 12.1 Å². The van der Waals surface area contributed by atoms with E-state index in [-0.39, 0.29) is 5.91 Å². The molecule has 0 aromatic heterocycles. The molecular weight excluding hydrogens is 346 g/mol. The van der Waals surface area contributed by atoms with Crippen LogP contribution in [0.3, 0.4) is 0 Å². The number of benzene rings is 2. The molecule has 2 rings (SSSR count). The quantitative estimate of drug-likeness (QED) is 0.794. The SMILES string of the molecule is COC(=O)c1ccc(OC(C)C(=O)Nc2cc(Cl)ccc2OC)cc1. The molecule has 0 spiro atoms. The van der Waals surface area contributed by atoms with Gasteiger partial charge in [-0.15, -0.1) is 0 Å². The summed E-state index contributed by atoms with van der Waals surface area (Å²) in [7, 11) is 2.81. The van der Waals surface area contributed by atoms with Crippen molar-refractivity contribution in [2.75, 3.05) is 19.5 Å². The summed E-state index contributed by atoms with van der Waals surface area (Å²) in [6.45, 7) is 1.61. The fourth-order valence-electron chi connectivity index (χ4n) is 2.06. The summed E-state index contributed by atoms with van der Waals surface area (Å²) in [5, 5.41) is 3.19. The van der Waals surface area contributed by atoms with Crippen molar-refractivity contribution in [2.45, 2.75) is 13.0 Å². The van der Waals surface area contributed by atoms with E-state index in [2.05, 4.69) is 10.1 Å². The van der Waals surface area contributed by atoms with Gasteiger partial charge in [0.25, 0.3) is 5.91 Å². The minimum Gasteiger partial charge on any atom is -0.495 e. The number of ether oxygens (including phenoxy) is 3. The fraction of sp³-hybridized carbons (Fsp3) is 0.222. The molecule has 132 valence electrons. The van der Waals surface area contributed by atoms with E-state index in [9.17, 15) is 9.59 Å². The molecule has 1 atom stereocenters. The maximum Gasteiger partial charge on any atom is 0.337 e. The van der Waals surface area contributed by atoms with Crippen LogP contribution < -0.4 is 14.8 Å². The third-order valence-electron chi connectivity index (χ3n) is 3.38. The van der Waals surface area contributed by atoms with Crippen LogP contribution in [0.1, 0.15) is 17.3 Å². The Balaban J connectivity index is 2.03. The Morgan fingerprint density at radius 1 is 1.08 bits per heavy atom. The first-order chi connectivity index (χ1) is 11.9. The average Bonchev–Trinajstić information content (AvgIpc) is 2.61. The first-order valence-corrected chi connectivity index (χ1v) is 7.82. The lowest BCUT2D eigenvalue weighted by Gasteiger charge is -2.16. The first-order valence-electron chi connectivity index (χ1n) is 7.44. The number of anilines is 1. The fourth-order valence-corrected chi connectivity index (χ4v) is 2.23. The topological polar surface area (TPSA) is 73.9 Å². The summed E-state index contributed by atoms with van der Waals surface area (Å²) in [6, 6.07) is 11.2. The largest absolute Gasteiger partial charge is 0.495 e. The Kier molecular flexibility index (Phi) is 6.25. The van der Waals surface area contributed by atoms with Gasteiger partial charge >= 0.3 is 5.97 Å². The van der Waals surface area contributed by atoms with E-state index in [1.807, 2.05) is 0 Å². The Morgan fingerprint density at radius 2 is 1.76 bits per heavy atom. The lowest BCUT2D eigenvalue weighted by atomic mass is 10.2. The second kappa shape index (κ2) is 8.39. The molecule has 0 bridgehead atoms. The van der Waals surface area contributed by atoms with Gasteiger partial charge in [0.15, 0.2) is 6.10 Å². The van der Waals surface area contributed by atoms with Gasteiger partial charge in [-0.3, -0.25) is 4.79 Å². The van der Waals surface area contributed by atoms with Gasteiger partial charge < -0.3 is 19.5 Å². The van der Waals surface area contributed by atoms with Gasteiger partial charge in [-0.05, 0) is 49.4 Å². The monoisotopic (exact) mass is 363 g/mol. The Hall–Kier alpha value is -2.73. The number of methoxy groups -OCH3 is 2. The Morgan fingerprint density at radius 3 is 2.36 bits per heavy atom. The predicted octanol–water partition coefficient (Wildman–Crippen LogP) is 3.54. The van der Waals surface area contributed by atoms with Crippen LogP contribution in [0, 0.1) is 0 Å². The molecule has 6 nitrogen and oxygen atoms in total. The van der Waals surface area contributed by atoms with Crippen LogP contribution in [0.4, 0.5) is 5.69 Å². The Bertz CT molecular complexity index is 761. The van der Waals surface area contributed by atoms with Crippen LogP contribution in [0.2, 0.25) is 5.02 Å². The maximum absolute atomic E-state index is 12.3. The number of hydrogen-bond acceptors (Lipinski definition) is 5. The van der Waals surface area contributed by atoms with Crippen molar-refractivity contribution in [1.82, 2.24) is 0 Å². The number of esters is 1. The summed E-state index contributed by atoms with van der Waals surface area (Å²) in [5.74, 6) is 0.142. The third-order valence-corrected chi connectivity index (χ3v) is 3.61. The number of amides is 1. The highest BCUT2D eigenvalue weighted by Crippen LogP contribution is 2.28. The molecule has 0 saturated carbocycles. The van der Waals surface area contributed by atoms with Crippen LogP contribution >= 0.6 is 11.6 Å². The van der Waals surface area contributed by atoms with Gasteiger partial charge in [0, 0.05) is 5.02 Å². The van der Waals surface area contributed by atoms with Gasteiger partial charge in [-0.2, -0.15) is 0 Å². The summed E-state index contributed by atoms with van der Waals surface area (Å²) < 4.78 is 15.4. The minimum absolute atomic E-state index is 0.363. The van der Waals surface area contributed by atoms with Gasteiger partial charge in [0.2, 0.25) is 0 Å². The molecular formula is C18H18ClNO5. The van der Waals surface area contributed by atoms with E-state index in [1.54, 1.807) is 49.4 Å². The van der Waals surface area contributed by atoms with E-state index >= 15 is 0 Å². The van der Waals surface area contributed by atoms with Crippen molar-refractivity contribution in [3.8, 4) is 11.5 Å². The van der Waals surface area contributed by atoms with Crippen LogP contribution in [-0.2, 0) is 9.53 Å². The van der Waals surface area contributed by atoms with Crippen molar-refractivity contribution in [3.05, 3.63) is 53.1 Å². The number of nitrogens with one attached hydrogen (secondary N) is 1. The molecule has 7 heteroatoms. The summed E-state index contributed by atoms with van der Waals surface area (Å²) in [6.07, 6.45) is -0.771. The number of carbonyl (C=O) groups excluding carboxylic acids is 2.